The Morgan fingerprint density at radius 2 is 2.89 bits per heavy atom. The smallest absolute Gasteiger partial charge is 0.123 e. The van der Waals surface area contributed by atoms with Crippen molar-refractivity contribution < 1.29 is 11.0 Å². The van der Waals surface area contributed by atoms with Gasteiger partial charge in [-0.15, -0.1) is 0 Å². The van der Waals surface area contributed by atoms with E-state index < -0.39 is 42.9 Å². The molecule has 1 heterocycles. The number of rotatable bonds is 1. The van der Waals surface area contributed by atoms with Crippen LogP contribution in [-0.4, -0.2) is 4.98 Å². The Morgan fingerprint density at radius 3 is 3.67 bits per heavy atom. The van der Waals surface area contributed by atoms with Gasteiger partial charge in [-0.3, -0.25) is 0 Å². The quantitative estimate of drug-likeness (QED) is 0.621. The van der Waals surface area contributed by atoms with Crippen LogP contribution in [-0.2, 0) is 6.37 Å². The minimum Gasteiger partial charge on any atom is -0.384 e. The van der Waals surface area contributed by atoms with Crippen LogP contribution in [0.3, 0.4) is 0 Å². The highest BCUT2D eigenvalue weighted by Gasteiger charge is 1.86. The molecule has 48 valence electrons. The lowest BCUT2D eigenvalue weighted by atomic mass is 10.2. The van der Waals surface area contributed by atoms with Gasteiger partial charge in [0.05, 0.1) is 4.11 Å². The highest BCUT2D eigenvalue weighted by Crippen LogP contribution is 2.00. The summed E-state index contributed by atoms with van der Waals surface area (Å²) in [5.74, 6) is -0.398. The first-order valence-corrected chi connectivity index (χ1v) is 2.24. The van der Waals surface area contributed by atoms with Crippen LogP contribution in [0.5, 0.6) is 0 Å². The van der Waals surface area contributed by atoms with Gasteiger partial charge >= 0.3 is 0 Å². The van der Waals surface area contributed by atoms with Crippen LogP contribution in [0.4, 0.5) is 5.82 Å². The van der Waals surface area contributed by atoms with Crippen LogP contribution in [0.1, 0.15) is 23.4 Å². The Morgan fingerprint density at radius 1 is 2.00 bits per heavy atom. The first kappa shape index (κ1) is 1.51. The Balaban J connectivity index is 3.58. The average Bonchev–Trinajstić information content (AvgIpc) is 2.12. The van der Waals surface area contributed by atoms with Crippen LogP contribution < -0.4 is 5.73 Å². The van der Waals surface area contributed by atoms with Crippen molar-refractivity contribution in [3.05, 3.63) is 23.8 Å². The molecule has 0 spiro atoms. The maximum Gasteiger partial charge on any atom is 0.123 e. The van der Waals surface area contributed by atoms with E-state index in [2.05, 4.69) is 4.98 Å². The Bertz CT molecular complexity index is 452. The summed E-state index contributed by atoms with van der Waals surface area (Å²) in [6.45, 7) is -3.05. The van der Waals surface area contributed by atoms with Crippen LogP contribution in [0, 0.1) is 0 Å². The summed E-state index contributed by atoms with van der Waals surface area (Å²) in [7, 11) is 0. The highest BCUT2D eigenvalue weighted by molar-refractivity contribution is 5.29. The Hall–Kier alpha value is -1.05. The standard InChI is InChI=1S/C7H10N2/c1-2-6-3-4-7(8)9-5-6/h3-5H,2H2,1H3,(H2,8,9)/i1D3,2D2,3D,4D,5D. The minimum atomic E-state index is -3.05. The highest BCUT2D eigenvalue weighted by atomic mass is 14.8. The van der Waals surface area contributed by atoms with E-state index in [0.29, 0.717) is 0 Å². The van der Waals surface area contributed by atoms with E-state index in [1.54, 1.807) is 0 Å². The average molecular weight is 130 g/mol. The molecule has 0 saturated carbocycles. The number of aromatic nitrogens is 1. The van der Waals surface area contributed by atoms with Gasteiger partial charge in [0.25, 0.3) is 0 Å². The molecule has 0 unspecified atom stereocenters. The topological polar surface area (TPSA) is 38.9 Å². The summed E-state index contributed by atoms with van der Waals surface area (Å²) < 4.78 is 58.4. The monoisotopic (exact) mass is 130 g/mol. The summed E-state index contributed by atoms with van der Waals surface area (Å²) in [6, 6.07) is -1.30. The van der Waals surface area contributed by atoms with E-state index in [9.17, 15) is 0 Å². The molecule has 0 bridgehead atoms. The van der Waals surface area contributed by atoms with E-state index in [4.69, 9.17) is 16.7 Å². The zero-order valence-electron chi connectivity index (χ0n) is 12.5. The van der Waals surface area contributed by atoms with Crippen LogP contribution in [0.25, 0.3) is 0 Å². The largest absolute Gasteiger partial charge is 0.384 e. The number of nitrogen functional groups attached to an aromatic ring is 1. The van der Waals surface area contributed by atoms with Gasteiger partial charge in [0.15, 0.2) is 0 Å². The number of hydrogen-bond acceptors (Lipinski definition) is 2. The molecular formula is C7H10N2. The molecule has 0 radical (unpaired) electrons. The van der Waals surface area contributed by atoms with Gasteiger partial charge in [0, 0.05) is 13.0 Å². The minimum absolute atomic E-state index is 0.398. The predicted molar refractivity (Wildman–Crippen MR) is 38.0 cm³/mol. The number of nitrogens with two attached hydrogens (primary N) is 1. The zero-order chi connectivity index (χ0) is 13.6. The van der Waals surface area contributed by atoms with Gasteiger partial charge < -0.3 is 5.73 Å². The van der Waals surface area contributed by atoms with Crippen LogP contribution >= 0.6 is 0 Å². The lowest BCUT2D eigenvalue weighted by molar-refractivity contribution is 1.11. The molecule has 1 aromatic rings. The fourth-order valence-electron chi connectivity index (χ4n) is 0.358. The number of hydrogen-bond donors (Lipinski definition) is 1. The Labute approximate surface area is 66.0 Å². The first-order chi connectivity index (χ1) is 7.50. The summed E-state index contributed by atoms with van der Waals surface area (Å²) in [4.78, 5) is 3.36. The molecule has 2 heteroatoms. The second kappa shape index (κ2) is 2.49. The van der Waals surface area contributed by atoms with E-state index in [-0.39, 0.29) is 0 Å². The lowest BCUT2D eigenvalue weighted by Crippen LogP contribution is -1.89. The normalized spacial score (nSPS) is 25.3. The number of pyridine rings is 1. The van der Waals surface area contributed by atoms with Crippen molar-refractivity contribution in [3.8, 4) is 0 Å². The molecule has 0 saturated heterocycles. The molecule has 0 aliphatic rings. The maximum absolute atomic E-state index is 7.50. The second-order valence-corrected chi connectivity index (χ2v) is 1.36. The molecule has 9 heavy (non-hydrogen) atoms. The van der Waals surface area contributed by atoms with Crippen molar-refractivity contribution >= 4 is 5.82 Å². The maximum atomic E-state index is 7.50. The van der Waals surface area contributed by atoms with E-state index >= 15 is 0 Å². The molecule has 0 aliphatic carbocycles. The van der Waals surface area contributed by atoms with E-state index in [0.717, 1.165) is 0 Å². The van der Waals surface area contributed by atoms with Gasteiger partial charge in [-0.1, -0.05) is 12.9 Å². The van der Waals surface area contributed by atoms with Crippen molar-refractivity contribution in [2.24, 2.45) is 0 Å². The lowest BCUT2D eigenvalue weighted by Gasteiger charge is -1.93. The van der Waals surface area contributed by atoms with E-state index in [1.807, 2.05) is 0 Å². The van der Waals surface area contributed by atoms with Gasteiger partial charge in [0.2, 0.25) is 0 Å². The molecule has 0 amide bonds. The summed E-state index contributed by atoms with van der Waals surface area (Å²) in [6.07, 6.45) is -3.65. The molecule has 0 aromatic carbocycles. The van der Waals surface area contributed by atoms with Gasteiger partial charge in [0.1, 0.15) is 5.82 Å². The number of nitrogens with zero attached hydrogens (tertiary/aromatic N) is 1. The number of anilines is 1. The fraction of sp³-hybridized carbons (Fsp3) is 0.286. The molecular weight excluding hydrogens is 112 g/mol. The van der Waals surface area contributed by atoms with Crippen LogP contribution in [0.15, 0.2) is 18.3 Å². The third-order valence-electron chi connectivity index (χ3n) is 0.729. The molecule has 1 rings (SSSR count). The molecule has 2 nitrogen and oxygen atoms in total. The van der Waals surface area contributed by atoms with Crippen molar-refractivity contribution in [1.29, 1.82) is 0 Å². The third-order valence-corrected chi connectivity index (χ3v) is 0.729. The molecule has 0 atom stereocenters. The zero-order valence-corrected chi connectivity index (χ0v) is 4.52. The molecule has 0 aliphatic heterocycles. The first-order valence-electron chi connectivity index (χ1n) is 6.24. The van der Waals surface area contributed by atoms with Gasteiger partial charge in [-0.2, -0.15) is 0 Å². The summed E-state index contributed by atoms with van der Waals surface area (Å²) in [5.41, 5.74) is 4.50. The summed E-state index contributed by atoms with van der Waals surface area (Å²) >= 11 is 0. The third kappa shape index (κ3) is 1.42. The van der Waals surface area contributed by atoms with Gasteiger partial charge in [-0.25, -0.2) is 4.98 Å². The van der Waals surface area contributed by atoms with Crippen molar-refractivity contribution in [1.82, 2.24) is 4.98 Å². The van der Waals surface area contributed by atoms with Gasteiger partial charge in [-0.05, 0) is 18.0 Å². The predicted octanol–water partition coefficient (Wildman–Crippen LogP) is 1.23. The van der Waals surface area contributed by atoms with Crippen molar-refractivity contribution in [2.45, 2.75) is 13.2 Å². The molecule has 1 aromatic heterocycles. The molecule has 0 fully saturated rings. The second-order valence-electron chi connectivity index (χ2n) is 1.36. The fourth-order valence-corrected chi connectivity index (χ4v) is 0.358. The van der Waals surface area contributed by atoms with E-state index in [1.165, 1.54) is 0 Å². The van der Waals surface area contributed by atoms with Crippen molar-refractivity contribution in [2.75, 3.05) is 5.73 Å². The SMILES string of the molecule is [2H]c1nc(N)c([2H])c([2H])c1C([2H])([2H])C([2H])([2H])[2H]. The van der Waals surface area contributed by atoms with Crippen LogP contribution in [0.2, 0.25) is 0 Å². The molecule has 2 N–H and O–H groups in total. The summed E-state index contributed by atoms with van der Waals surface area (Å²) in [5, 5.41) is 0. The Kier molecular flexibility index (Phi) is 0.417. The van der Waals surface area contributed by atoms with Crippen molar-refractivity contribution in [3.63, 3.8) is 0 Å².